The molecule has 6 heteroatoms. The van der Waals surface area contributed by atoms with Crippen LogP contribution in [0.2, 0.25) is 0 Å². The average Bonchev–Trinajstić information content (AvgIpc) is 2.75. The number of rotatable bonds is 10. The van der Waals surface area contributed by atoms with Gasteiger partial charge in [0.05, 0.1) is 14.2 Å². The van der Waals surface area contributed by atoms with Crippen molar-refractivity contribution < 1.29 is 24.5 Å². The maximum Gasteiger partial charge on any atom is 0.180 e. The lowest BCUT2D eigenvalue weighted by atomic mass is 10.1. The smallest absolute Gasteiger partial charge is 0.180 e. The Labute approximate surface area is 176 Å². The van der Waals surface area contributed by atoms with E-state index in [-0.39, 0.29) is 17.3 Å². The van der Waals surface area contributed by atoms with Gasteiger partial charge in [-0.05, 0) is 47.5 Å². The van der Waals surface area contributed by atoms with Crippen LogP contribution < -0.4 is 14.8 Å². The summed E-state index contributed by atoms with van der Waals surface area (Å²) in [6.45, 7) is 4.16. The van der Waals surface area contributed by atoms with Crippen molar-refractivity contribution >= 4 is 17.9 Å². The number of phenols is 2. The SMILES string of the molecule is C=CCNC(=C\C(=O)/C=C/c1ccc(O)c(OC)c1)/C=C/c1ccc(O)c(OC)c1. The quantitative estimate of drug-likeness (QED) is 0.313. The maximum atomic E-state index is 12.4. The Bertz CT molecular complexity index is 989. The van der Waals surface area contributed by atoms with Crippen LogP contribution in [0, 0.1) is 0 Å². The number of allylic oxidation sites excluding steroid dienone is 3. The van der Waals surface area contributed by atoms with Crippen LogP contribution in [0.3, 0.4) is 0 Å². The minimum atomic E-state index is -0.221. The number of hydrogen-bond acceptors (Lipinski definition) is 6. The van der Waals surface area contributed by atoms with Gasteiger partial charge in [0.2, 0.25) is 0 Å². The standard InChI is InChI=1S/C24H25NO5/c1-4-13-25-19(9-5-17-7-11-21(27)23(14-17)29-2)16-20(26)10-6-18-8-12-22(28)24(15-18)30-3/h4-12,14-16,25,27-28H,1,13H2,2-3H3/b9-5+,10-6+,19-16-. The first-order valence-electron chi connectivity index (χ1n) is 9.17. The summed E-state index contributed by atoms with van der Waals surface area (Å²) in [5, 5.41) is 22.4. The van der Waals surface area contributed by atoms with Crippen molar-refractivity contribution in [1.82, 2.24) is 5.32 Å². The Morgan fingerprint density at radius 1 is 0.967 bits per heavy atom. The number of ether oxygens (including phenoxy) is 2. The van der Waals surface area contributed by atoms with Gasteiger partial charge in [-0.2, -0.15) is 0 Å². The Morgan fingerprint density at radius 2 is 1.50 bits per heavy atom. The monoisotopic (exact) mass is 407 g/mol. The zero-order chi connectivity index (χ0) is 21.9. The summed E-state index contributed by atoms with van der Waals surface area (Å²) in [7, 11) is 2.94. The molecule has 0 saturated carbocycles. The molecule has 0 bridgehead atoms. The maximum absolute atomic E-state index is 12.4. The van der Waals surface area contributed by atoms with E-state index in [0.29, 0.717) is 23.7 Å². The molecule has 0 heterocycles. The topological polar surface area (TPSA) is 88.0 Å². The van der Waals surface area contributed by atoms with E-state index in [1.165, 1.54) is 32.4 Å². The van der Waals surface area contributed by atoms with Gasteiger partial charge in [0, 0.05) is 18.3 Å². The molecule has 30 heavy (non-hydrogen) atoms. The molecular formula is C24H25NO5. The second-order valence-electron chi connectivity index (χ2n) is 6.20. The van der Waals surface area contributed by atoms with Crippen LogP contribution in [0.4, 0.5) is 0 Å². The van der Waals surface area contributed by atoms with Gasteiger partial charge in [0.25, 0.3) is 0 Å². The summed E-state index contributed by atoms with van der Waals surface area (Å²) in [4.78, 5) is 12.4. The molecule has 0 aliphatic carbocycles. The molecule has 0 fully saturated rings. The van der Waals surface area contributed by atoms with Gasteiger partial charge in [-0.3, -0.25) is 4.79 Å². The highest BCUT2D eigenvalue weighted by atomic mass is 16.5. The molecule has 0 radical (unpaired) electrons. The second-order valence-corrected chi connectivity index (χ2v) is 6.20. The van der Waals surface area contributed by atoms with Crippen molar-refractivity contribution in [3.63, 3.8) is 0 Å². The second kappa shape index (κ2) is 11.2. The number of carbonyl (C=O) groups is 1. The van der Waals surface area contributed by atoms with Gasteiger partial charge in [0.1, 0.15) is 0 Å². The van der Waals surface area contributed by atoms with Crippen LogP contribution >= 0.6 is 0 Å². The molecule has 6 nitrogen and oxygen atoms in total. The zero-order valence-electron chi connectivity index (χ0n) is 17.0. The highest BCUT2D eigenvalue weighted by molar-refractivity contribution is 6.02. The summed E-state index contributed by atoms with van der Waals surface area (Å²) >= 11 is 0. The molecule has 2 rings (SSSR count). The largest absolute Gasteiger partial charge is 0.504 e. The number of nitrogens with one attached hydrogen (secondary N) is 1. The van der Waals surface area contributed by atoms with Crippen molar-refractivity contribution in [1.29, 1.82) is 0 Å². The van der Waals surface area contributed by atoms with Gasteiger partial charge in [-0.1, -0.05) is 30.4 Å². The lowest BCUT2D eigenvalue weighted by Gasteiger charge is -2.06. The molecule has 2 aromatic rings. The van der Waals surface area contributed by atoms with Crippen molar-refractivity contribution in [3.05, 3.63) is 84.1 Å². The van der Waals surface area contributed by atoms with E-state index >= 15 is 0 Å². The highest BCUT2D eigenvalue weighted by Crippen LogP contribution is 2.27. The molecule has 0 amide bonds. The van der Waals surface area contributed by atoms with Gasteiger partial charge in [-0.15, -0.1) is 6.58 Å². The van der Waals surface area contributed by atoms with Crippen LogP contribution in [0.1, 0.15) is 11.1 Å². The third-order valence-corrected chi connectivity index (χ3v) is 4.05. The first-order valence-corrected chi connectivity index (χ1v) is 9.17. The van der Waals surface area contributed by atoms with Crippen molar-refractivity contribution in [2.45, 2.75) is 0 Å². The van der Waals surface area contributed by atoms with E-state index in [2.05, 4.69) is 11.9 Å². The Balaban J connectivity index is 2.18. The lowest BCUT2D eigenvalue weighted by Crippen LogP contribution is -2.12. The van der Waals surface area contributed by atoms with Crippen molar-refractivity contribution in [2.24, 2.45) is 0 Å². The molecule has 0 spiro atoms. The highest BCUT2D eigenvalue weighted by Gasteiger charge is 2.03. The lowest BCUT2D eigenvalue weighted by molar-refractivity contribution is -0.110. The van der Waals surface area contributed by atoms with Crippen LogP contribution in [-0.2, 0) is 4.79 Å². The predicted octanol–water partition coefficient (Wildman–Crippen LogP) is 4.07. The van der Waals surface area contributed by atoms with Crippen LogP contribution in [0.15, 0.2) is 73.0 Å². The fraction of sp³-hybridized carbons (Fsp3) is 0.125. The van der Waals surface area contributed by atoms with E-state index in [0.717, 1.165) is 11.1 Å². The molecule has 0 atom stereocenters. The summed E-state index contributed by atoms with van der Waals surface area (Å²) in [5.41, 5.74) is 2.12. The number of benzene rings is 2. The van der Waals surface area contributed by atoms with Gasteiger partial charge in [0.15, 0.2) is 28.8 Å². The Morgan fingerprint density at radius 3 is 2.00 bits per heavy atom. The van der Waals surface area contributed by atoms with Crippen molar-refractivity contribution in [3.8, 4) is 23.0 Å². The number of aromatic hydroxyl groups is 2. The van der Waals surface area contributed by atoms with Crippen LogP contribution in [0.5, 0.6) is 23.0 Å². The van der Waals surface area contributed by atoms with E-state index in [9.17, 15) is 15.0 Å². The first kappa shape index (κ1) is 22.4. The molecule has 0 aliphatic rings. The number of methoxy groups -OCH3 is 2. The molecular weight excluding hydrogens is 382 g/mol. The summed E-state index contributed by atoms with van der Waals surface area (Å²) in [6, 6.07) is 9.79. The summed E-state index contributed by atoms with van der Waals surface area (Å²) in [5.74, 6) is 0.571. The van der Waals surface area contributed by atoms with Crippen molar-refractivity contribution in [2.75, 3.05) is 20.8 Å². The normalized spacial score (nSPS) is 11.6. The molecule has 0 aliphatic heterocycles. The number of carbonyl (C=O) groups excluding carboxylic acids is 1. The molecule has 156 valence electrons. The van der Waals surface area contributed by atoms with Gasteiger partial charge in [-0.25, -0.2) is 0 Å². The number of phenolic OH excluding ortho intramolecular Hbond substituents is 2. The predicted molar refractivity (Wildman–Crippen MR) is 119 cm³/mol. The minimum Gasteiger partial charge on any atom is -0.504 e. The molecule has 0 saturated heterocycles. The van der Waals surface area contributed by atoms with Gasteiger partial charge < -0.3 is 25.0 Å². The third-order valence-electron chi connectivity index (χ3n) is 4.05. The fourth-order valence-electron chi connectivity index (χ4n) is 2.51. The van der Waals surface area contributed by atoms with Crippen LogP contribution in [0.25, 0.3) is 12.2 Å². The van der Waals surface area contributed by atoms with E-state index in [1.54, 1.807) is 54.6 Å². The summed E-state index contributed by atoms with van der Waals surface area (Å²) in [6.07, 6.45) is 9.77. The van der Waals surface area contributed by atoms with E-state index in [1.807, 2.05) is 0 Å². The summed E-state index contributed by atoms with van der Waals surface area (Å²) < 4.78 is 10.2. The third kappa shape index (κ3) is 6.60. The van der Waals surface area contributed by atoms with E-state index < -0.39 is 0 Å². The Kier molecular flexibility index (Phi) is 8.32. The van der Waals surface area contributed by atoms with Gasteiger partial charge >= 0.3 is 0 Å². The average molecular weight is 407 g/mol. The first-order chi connectivity index (χ1) is 14.5. The van der Waals surface area contributed by atoms with Crippen LogP contribution in [-0.4, -0.2) is 36.8 Å². The number of hydrogen-bond donors (Lipinski definition) is 3. The Hall–Kier alpha value is -3.93. The minimum absolute atomic E-state index is 0.0350. The fourth-order valence-corrected chi connectivity index (χ4v) is 2.51. The van der Waals surface area contributed by atoms with E-state index in [4.69, 9.17) is 9.47 Å². The zero-order valence-corrected chi connectivity index (χ0v) is 17.0. The molecule has 3 N–H and O–H groups in total. The molecule has 0 unspecified atom stereocenters. The molecule has 2 aromatic carbocycles. The molecule has 0 aromatic heterocycles. The number of ketones is 1.